The lowest BCUT2D eigenvalue weighted by Crippen LogP contribution is -2.42. The van der Waals surface area contributed by atoms with Crippen molar-refractivity contribution in [3.8, 4) is 0 Å². The molecule has 0 unspecified atom stereocenters. The molecule has 14 heavy (non-hydrogen) atoms. The molecule has 0 heterocycles. The smallest absolute Gasteiger partial charge is 0.0818 e. The van der Waals surface area contributed by atoms with E-state index < -0.39 is 0 Å². The second-order valence-corrected chi connectivity index (χ2v) is 3.82. The van der Waals surface area contributed by atoms with Crippen LogP contribution in [0.1, 0.15) is 46.5 Å². The van der Waals surface area contributed by atoms with E-state index in [9.17, 15) is 5.21 Å². The zero-order chi connectivity index (χ0) is 10.9. The van der Waals surface area contributed by atoms with Crippen LogP contribution in [0.15, 0.2) is 12.2 Å². The molecule has 0 aliphatic heterocycles. The van der Waals surface area contributed by atoms with Gasteiger partial charge in [0.2, 0.25) is 0 Å². The second kappa shape index (κ2) is 8.01. The lowest BCUT2D eigenvalue weighted by atomic mass is 10.2. The van der Waals surface area contributed by atoms with Gasteiger partial charge in [0.05, 0.1) is 19.6 Å². The molecule has 0 spiro atoms. The van der Waals surface area contributed by atoms with Gasteiger partial charge in [-0.2, -0.15) is 0 Å². The summed E-state index contributed by atoms with van der Waals surface area (Å²) >= 11 is 0. The molecule has 0 atom stereocenters. The summed E-state index contributed by atoms with van der Waals surface area (Å²) < 4.78 is -0.0435. The van der Waals surface area contributed by atoms with Gasteiger partial charge in [0.15, 0.2) is 0 Å². The quantitative estimate of drug-likeness (QED) is 0.254. The van der Waals surface area contributed by atoms with E-state index in [0.717, 1.165) is 19.4 Å². The number of rotatable bonds is 8. The minimum atomic E-state index is -0.0435. The lowest BCUT2D eigenvalue weighted by molar-refractivity contribution is -0.876. The van der Waals surface area contributed by atoms with Crippen LogP contribution in [0.2, 0.25) is 0 Å². The molecule has 0 bridgehead atoms. The third-order valence-corrected chi connectivity index (χ3v) is 2.75. The predicted molar refractivity (Wildman–Crippen MR) is 62.9 cm³/mol. The average Bonchev–Trinajstić information content (AvgIpc) is 2.23. The second-order valence-electron chi connectivity index (χ2n) is 3.82. The summed E-state index contributed by atoms with van der Waals surface area (Å²) in [6.45, 7) is 8.25. The van der Waals surface area contributed by atoms with E-state index in [2.05, 4.69) is 19.1 Å². The Bertz CT molecular complexity index is 150. The van der Waals surface area contributed by atoms with E-state index in [1.165, 1.54) is 12.8 Å². The molecular formula is C12H25NO. The van der Waals surface area contributed by atoms with E-state index in [1.807, 2.05) is 13.8 Å². The van der Waals surface area contributed by atoms with Crippen molar-refractivity contribution >= 4 is 0 Å². The highest BCUT2D eigenvalue weighted by Crippen LogP contribution is 2.05. The fourth-order valence-electron chi connectivity index (χ4n) is 1.41. The molecule has 0 N–H and O–H groups in total. The Kier molecular flexibility index (Phi) is 7.81. The average molecular weight is 199 g/mol. The molecule has 84 valence electrons. The lowest BCUT2D eigenvalue weighted by Gasteiger charge is -2.40. The van der Waals surface area contributed by atoms with Crippen molar-refractivity contribution in [2.45, 2.75) is 46.5 Å². The normalized spacial score (nSPS) is 12.6. The molecule has 0 rings (SSSR count). The van der Waals surface area contributed by atoms with Gasteiger partial charge in [0.25, 0.3) is 0 Å². The fourth-order valence-corrected chi connectivity index (χ4v) is 1.41. The Morgan fingerprint density at radius 3 is 2.07 bits per heavy atom. The minimum Gasteiger partial charge on any atom is -0.633 e. The van der Waals surface area contributed by atoms with E-state index in [0.29, 0.717) is 13.1 Å². The minimum absolute atomic E-state index is 0.0435. The Labute approximate surface area is 88.8 Å². The first-order chi connectivity index (χ1) is 6.68. The van der Waals surface area contributed by atoms with Gasteiger partial charge in [-0.3, -0.25) is 0 Å². The van der Waals surface area contributed by atoms with Crippen molar-refractivity contribution in [3.63, 3.8) is 0 Å². The molecule has 0 aromatic rings. The maximum atomic E-state index is 11.8. The Hall–Kier alpha value is -0.340. The van der Waals surface area contributed by atoms with Crippen molar-refractivity contribution < 1.29 is 4.65 Å². The molecule has 0 aliphatic rings. The van der Waals surface area contributed by atoms with Crippen LogP contribution in [0.3, 0.4) is 0 Å². The monoisotopic (exact) mass is 199 g/mol. The Morgan fingerprint density at radius 1 is 1.00 bits per heavy atom. The van der Waals surface area contributed by atoms with Crippen LogP contribution in [0.4, 0.5) is 0 Å². The van der Waals surface area contributed by atoms with Gasteiger partial charge >= 0.3 is 0 Å². The van der Waals surface area contributed by atoms with E-state index in [1.54, 1.807) is 0 Å². The molecule has 0 aliphatic carbocycles. The number of allylic oxidation sites excluding steroid dienone is 1. The first kappa shape index (κ1) is 13.7. The molecule has 0 amide bonds. The van der Waals surface area contributed by atoms with Gasteiger partial charge in [-0.05, 0) is 20.3 Å². The van der Waals surface area contributed by atoms with E-state index >= 15 is 0 Å². The van der Waals surface area contributed by atoms with Crippen molar-refractivity contribution in [2.24, 2.45) is 0 Å². The van der Waals surface area contributed by atoms with Crippen LogP contribution < -0.4 is 0 Å². The highest BCUT2D eigenvalue weighted by Gasteiger charge is 2.08. The predicted octanol–water partition coefficient (Wildman–Crippen LogP) is 3.48. The maximum Gasteiger partial charge on any atom is 0.0818 e. The summed E-state index contributed by atoms with van der Waals surface area (Å²) in [6.07, 6.45) is 8.96. The fraction of sp³-hybridized carbons (Fsp3) is 0.833. The molecule has 2 heteroatoms. The van der Waals surface area contributed by atoms with Crippen molar-refractivity contribution in [1.82, 2.24) is 0 Å². The Morgan fingerprint density at radius 2 is 1.57 bits per heavy atom. The summed E-state index contributed by atoms with van der Waals surface area (Å²) in [5.41, 5.74) is 0. The zero-order valence-corrected chi connectivity index (χ0v) is 9.96. The van der Waals surface area contributed by atoms with Gasteiger partial charge < -0.3 is 9.85 Å². The molecule has 0 saturated carbocycles. The maximum absolute atomic E-state index is 11.8. The van der Waals surface area contributed by atoms with Crippen molar-refractivity contribution in [2.75, 3.05) is 19.6 Å². The highest BCUT2D eigenvalue weighted by molar-refractivity contribution is 4.81. The number of hydroxylamine groups is 3. The van der Waals surface area contributed by atoms with Gasteiger partial charge in [0, 0.05) is 6.42 Å². The third kappa shape index (κ3) is 6.17. The SMILES string of the molecule is CCCC/C=C/CC[N+]([O-])(CC)CC. The molecule has 0 fully saturated rings. The van der Waals surface area contributed by atoms with Crippen LogP contribution in [0.5, 0.6) is 0 Å². The van der Waals surface area contributed by atoms with Crippen LogP contribution in [0, 0.1) is 5.21 Å². The zero-order valence-electron chi connectivity index (χ0n) is 9.96. The number of hydrogen-bond acceptors (Lipinski definition) is 1. The molecule has 0 aromatic carbocycles. The first-order valence-corrected chi connectivity index (χ1v) is 5.90. The van der Waals surface area contributed by atoms with Crippen molar-refractivity contribution in [1.29, 1.82) is 0 Å². The summed E-state index contributed by atoms with van der Waals surface area (Å²) in [5, 5.41) is 11.8. The number of unbranched alkanes of at least 4 members (excludes halogenated alkanes) is 2. The largest absolute Gasteiger partial charge is 0.633 e. The number of quaternary nitrogens is 1. The summed E-state index contributed by atoms with van der Waals surface area (Å²) in [6, 6.07) is 0. The van der Waals surface area contributed by atoms with E-state index in [4.69, 9.17) is 0 Å². The summed E-state index contributed by atoms with van der Waals surface area (Å²) in [4.78, 5) is 0. The van der Waals surface area contributed by atoms with Crippen molar-refractivity contribution in [3.05, 3.63) is 17.4 Å². The topological polar surface area (TPSA) is 23.1 Å². The van der Waals surface area contributed by atoms with Gasteiger partial charge in [-0.15, -0.1) is 0 Å². The van der Waals surface area contributed by atoms with Gasteiger partial charge in [-0.1, -0.05) is 31.9 Å². The first-order valence-electron chi connectivity index (χ1n) is 5.90. The van der Waals surface area contributed by atoms with Gasteiger partial charge in [0.1, 0.15) is 0 Å². The standard InChI is InChI=1S/C12H25NO/c1-4-7-8-9-10-11-12-13(14,5-2)6-3/h9-10H,4-8,11-12H2,1-3H3/b10-9+. The summed E-state index contributed by atoms with van der Waals surface area (Å²) in [7, 11) is 0. The van der Waals surface area contributed by atoms with Crippen LogP contribution in [0.25, 0.3) is 0 Å². The number of nitrogens with zero attached hydrogens (tertiary/aromatic N) is 1. The van der Waals surface area contributed by atoms with Crippen LogP contribution in [-0.4, -0.2) is 24.3 Å². The number of hydrogen-bond donors (Lipinski definition) is 0. The molecule has 2 nitrogen and oxygen atoms in total. The van der Waals surface area contributed by atoms with E-state index in [-0.39, 0.29) is 4.65 Å². The van der Waals surface area contributed by atoms with Crippen LogP contribution >= 0.6 is 0 Å². The third-order valence-electron chi connectivity index (χ3n) is 2.75. The Balaban J connectivity index is 3.56. The molecular weight excluding hydrogens is 174 g/mol. The molecule has 0 aromatic heterocycles. The highest BCUT2D eigenvalue weighted by atomic mass is 16.5. The molecule has 0 saturated heterocycles. The van der Waals surface area contributed by atoms with Gasteiger partial charge in [-0.25, -0.2) is 0 Å². The molecule has 0 radical (unpaired) electrons. The van der Waals surface area contributed by atoms with Crippen LogP contribution in [-0.2, 0) is 0 Å². The summed E-state index contributed by atoms with van der Waals surface area (Å²) in [5.74, 6) is 0.